The Labute approximate surface area is 347 Å². The van der Waals surface area contributed by atoms with Gasteiger partial charge in [0.25, 0.3) is 0 Å². The Bertz CT molecular complexity index is 3470. The van der Waals surface area contributed by atoms with Gasteiger partial charge in [0, 0.05) is 39.1 Å². The van der Waals surface area contributed by atoms with Crippen molar-refractivity contribution >= 4 is 82.1 Å². The van der Waals surface area contributed by atoms with Gasteiger partial charge < -0.3 is 4.90 Å². The highest BCUT2D eigenvalue weighted by atomic mass is 15.1. The van der Waals surface area contributed by atoms with Crippen molar-refractivity contribution in [2.45, 2.75) is 0 Å². The maximum absolute atomic E-state index is 5.06. The number of hydrogen-bond donors (Lipinski definition) is 0. The standard InChI is InChI=1S/C57H37N3/c1-2-18-40(19-3-1)55-46-26-8-10-28-48(46)56(49-29-11-9-27-47(49)55)41-33-34-54-51(36-41)50-30-15-35-58-57(50)60(54)43-23-14-22-42(37-43)59(52-31-12-20-38-16-4-6-24-44(38)52)53-32-13-21-39-17-5-7-25-45(39)53/h1-37H. The van der Waals surface area contributed by atoms with Gasteiger partial charge in [-0.25, -0.2) is 4.98 Å². The Kier molecular flexibility index (Phi) is 7.85. The third kappa shape index (κ3) is 5.33. The molecule has 0 fully saturated rings. The zero-order valence-electron chi connectivity index (χ0n) is 32.7. The molecule has 0 N–H and O–H groups in total. The zero-order chi connectivity index (χ0) is 39.6. The van der Waals surface area contributed by atoms with Crippen molar-refractivity contribution in [1.29, 1.82) is 0 Å². The first-order chi connectivity index (χ1) is 29.8. The van der Waals surface area contributed by atoms with Crippen LogP contribution in [0.1, 0.15) is 0 Å². The summed E-state index contributed by atoms with van der Waals surface area (Å²) in [4.78, 5) is 7.48. The summed E-state index contributed by atoms with van der Waals surface area (Å²) in [5.74, 6) is 0. The van der Waals surface area contributed by atoms with Gasteiger partial charge in [-0.3, -0.25) is 4.57 Å². The number of pyridine rings is 1. The molecule has 60 heavy (non-hydrogen) atoms. The second-order valence-corrected chi connectivity index (χ2v) is 15.5. The first-order valence-corrected chi connectivity index (χ1v) is 20.5. The summed E-state index contributed by atoms with van der Waals surface area (Å²) in [5, 5.41) is 12.1. The van der Waals surface area contributed by atoms with E-state index in [4.69, 9.17) is 4.98 Å². The van der Waals surface area contributed by atoms with Crippen molar-refractivity contribution in [3.63, 3.8) is 0 Å². The summed E-state index contributed by atoms with van der Waals surface area (Å²) in [6.07, 6.45) is 1.91. The van der Waals surface area contributed by atoms with Gasteiger partial charge in [-0.05, 0) is 109 Å². The molecule has 0 saturated heterocycles. The minimum atomic E-state index is 0.929. The molecule has 0 amide bonds. The van der Waals surface area contributed by atoms with Gasteiger partial charge in [0.05, 0.1) is 16.9 Å². The lowest BCUT2D eigenvalue weighted by Gasteiger charge is -2.28. The lowest BCUT2D eigenvalue weighted by molar-refractivity contribution is 1.13. The molecule has 0 aliphatic heterocycles. The number of fused-ring (bicyclic) bond motifs is 7. The third-order valence-electron chi connectivity index (χ3n) is 12.2. The predicted octanol–water partition coefficient (Wildman–Crippen LogP) is 15.6. The number of rotatable bonds is 6. The number of nitrogens with zero attached hydrogens (tertiary/aromatic N) is 3. The van der Waals surface area contributed by atoms with E-state index in [1.807, 2.05) is 6.20 Å². The molecule has 0 bridgehead atoms. The van der Waals surface area contributed by atoms with Crippen LogP contribution in [0.3, 0.4) is 0 Å². The molecule has 12 rings (SSSR count). The average Bonchev–Trinajstić information content (AvgIpc) is 3.65. The van der Waals surface area contributed by atoms with Gasteiger partial charge >= 0.3 is 0 Å². The van der Waals surface area contributed by atoms with Crippen LogP contribution < -0.4 is 4.90 Å². The van der Waals surface area contributed by atoms with Gasteiger partial charge in [0.2, 0.25) is 0 Å². The van der Waals surface area contributed by atoms with Crippen molar-refractivity contribution in [2.75, 3.05) is 4.90 Å². The minimum absolute atomic E-state index is 0.929. The van der Waals surface area contributed by atoms with Gasteiger partial charge in [-0.2, -0.15) is 0 Å². The van der Waals surface area contributed by atoms with E-state index in [0.29, 0.717) is 0 Å². The van der Waals surface area contributed by atoms with Crippen molar-refractivity contribution in [2.24, 2.45) is 0 Å². The molecule has 2 aromatic heterocycles. The molecule has 0 aliphatic carbocycles. The summed E-state index contributed by atoms with van der Waals surface area (Å²) < 4.78 is 2.33. The molecule has 2 heterocycles. The van der Waals surface area contributed by atoms with Crippen LogP contribution in [0.4, 0.5) is 17.1 Å². The van der Waals surface area contributed by atoms with Crippen molar-refractivity contribution in [3.8, 4) is 27.9 Å². The van der Waals surface area contributed by atoms with E-state index >= 15 is 0 Å². The van der Waals surface area contributed by atoms with E-state index in [2.05, 4.69) is 228 Å². The fourth-order valence-electron chi connectivity index (χ4n) is 9.60. The van der Waals surface area contributed by atoms with E-state index in [0.717, 1.165) is 39.3 Å². The fourth-order valence-corrected chi connectivity index (χ4v) is 9.60. The maximum Gasteiger partial charge on any atom is 0.145 e. The molecule has 0 spiro atoms. The summed E-state index contributed by atoms with van der Waals surface area (Å²) >= 11 is 0. The van der Waals surface area contributed by atoms with Crippen LogP contribution >= 0.6 is 0 Å². The third-order valence-corrected chi connectivity index (χ3v) is 12.2. The van der Waals surface area contributed by atoms with Crippen LogP contribution in [0.2, 0.25) is 0 Å². The molecule has 3 nitrogen and oxygen atoms in total. The highest BCUT2D eigenvalue weighted by molar-refractivity contribution is 6.22. The summed E-state index contributed by atoms with van der Waals surface area (Å²) in [6, 6.07) is 79.2. The first-order valence-electron chi connectivity index (χ1n) is 20.5. The van der Waals surface area contributed by atoms with Gasteiger partial charge in [0.1, 0.15) is 5.65 Å². The van der Waals surface area contributed by atoms with Crippen LogP contribution in [-0.2, 0) is 0 Å². The lowest BCUT2D eigenvalue weighted by atomic mass is 9.86. The van der Waals surface area contributed by atoms with Crippen molar-refractivity contribution in [3.05, 3.63) is 225 Å². The number of anilines is 3. The van der Waals surface area contributed by atoms with Crippen LogP contribution in [0.5, 0.6) is 0 Å². The maximum atomic E-state index is 5.06. The number of hydrogen-bond acceptors (Lipinski definition) is 2. The first kappa shape index (κ1) is 34.1. The molecule has 0 aliphatic rings. The Morgan fingerprint density at radius 1 is 0.350 bits per heavy atom. The Morgan fingerprint density at radius 3 is 1.50 bits per heavy atom. The molecule has 0 saturated carbocycles. The van der Waals surface area contributed by atoms with E-state index in [1.165, 1.54) is 70.7 Å². The second-order valence-electron chi connectivity index (χ2n) is 15.5. The molecular weight excluding hydrogens is 727 g/mol. The summed E-state index contributed by atoms with van der Waals surface area (Å²) in [5.41, 5.74) is 11.3. The average molecular weight is 764 g/mol. The molecule has 12 aromatic rings. The number of aromatic nitrogens is 2. The van der Waals surface area contributed by atoms with Gasteiger partial charge in [0.15, 0.2) is 0 Å². The molecular formula is C57H37N3. The molecule has 0 atom stereocenters. The molecule has 280 valence electrons. The Hall–Kier alpha value is -8.01. The Morgan fingerprint density at radius 2 is 0.867 bits per heavy atom. The smallest absolute Gasteiger partial charge is 0.145 e. The second kappa shape index (κ2) is 13.8. The van der Waals surface area contributed by atoms with Gasteiger partial charge in [-0.15, -0.1) is 0 Å². The van der Waals surface area contributed by atoms with E-state index in [-0.39, 0.29) is 0 Å². The van der Waals surface area contributed by atoms with Crippen molar-refractivity contribution in [1.82, 2.24) is 9.55 Å². The van der Waals surface area contributed by atoms with E-state index < -0.39 is 0 Å². The molecule has 0 unspecified atom stereocenters. The topological polar surface area (TPSA) is 21.1 Å². The fraction of sp³-hybridized carbons (Fsp3) is 0. The van der Waals surface area contributed by atoms with E-state index in [1.54, 1.807) is 0 Å². The SMILES string of the molecule is c1ccc(-c2c3ccccc3c(-c3ccc4c(c3)c3cccnc3n4-c3cccc(N(c4cccc5ccccc45)c4cccc5ccccc45)c3)c3ccccc23)cc1. The van der Waals surface area contributed by atoms with Crippen molar-refractivity contribution < 1.29 is 0 Å². The highest BCUT2D eigenvalue weighted by Gasteiger charge is 2.22. The lowest BCUT2D eigenvalue weighted by Crippen LogP contribution is -2.11. The van der Waals surface area contributed by atoms with Crippen LogP contribution in [-0.4, -0.2) is 9.55 Å². The van der Waals surface area contributed by atoms with E-state index in [9.17, 15) is 0 Å². The molecule has 3 heteroatoms. The molecule has 0 radical (unpaired) electrons. The Balaban J connectivity index is 1.08. The quantitative estimate of drug-likeness (QED) is 0.157. The van der Waals surface area contributed by atoms with Gasteiger partial charge in [-0.1, -0.05) is 164 Å². The number of benzene rings is 10. The summed E-state index contributed by atoms with van der Waals surface area (Å²) in [6.45, 7) is 0. The van der Waals surface area contributed by atoms with Crippen LogP contribution in [0, 0.1) is 0 Å². The normalized spacial score (nSPS) is 11.7. The highest BCUT2D eigenvalue weighted by Crippen LogP contribution is 2.46. The minimum Gasteiger partial charge on any atom is -0.309 e. The predicted molar refractivity (Wildman–Crippen MR) is 254 cm³/mol. The van der Waals surface area contributed by atoms with Crippen LogP contribution in [0.25, 0.3) is 93.0 Å². The largest absolute Gasteiger partial charge is 0.309 e. The molecule has 10 aromatic carbocycles. The van der Waals surface area contributed by atoms with Crippen LogP contribution in [0.15, 0.2) is 225 Å². The monoisotopic (exact) mass is 763 g/mol. The summed E-state index contributed by atoms with van der Waals surface area (Å²) in [7, 11) is 0. The zero-order valence-corrected chi connectivity index (χ0v) is 32.7.